The molecular formula is C21H26O10P2. The van der Waals surface area contributed by atoms with Crippen molar-refractivity contribution in [3.63, 3.8) is 0 Å². The molecule has 180 valence electrons. The van der Waals surface area contributed by atoms with E-state index in [9.17, 15) is 10.2 Å². The van der Waals surface area contributed by atoms with Crippen LogP contribution in [0, 0.1) is 0 Å². The third kappa shape index (κ3) is 11.3. The zero-order chi connectivity index (χ0) is 25.4. The van der Waals surface area contributed by atoms with Gasteiger partial charge in [-0.25, -0.2) is 9.13 Å². The molecule has 0 radical (unpaired) electrons. The van der Waals surface area contributed by atoms with Crippen LogP contribution in [0.15, 0.2) is 72.8 Å². The maximum Gasteiger partial charge on any atom is 0.466 e. The van der Waals surface area contributed by atoms with Gasteiger partial charge in [-0.3, -0.25) is 0 Å². The van der Waals surface area contributed by atoms with E-state index >= 15 is 0 Å². The summed E-state index contributed by atoms with van der Waals surface area (Å²) in [4.78, 5) is 43.1. The van der Waals surface area contributed by atoms with Crippen LogP contribution < -0.4 is 0 Å². The van der Waals surface area contributed by atoms with E-state index in [4.69, 9.17) is 38.5 Å². The van der Waals surface area contributed by atoms with Gasteiger partial charge in [0, 0.05) is 11.0 Å². The molecule has 0 spiro atoms. The van der Waals surface area contributed by atoms with Crippen molar-refractivity contribution in [1.82, 2.24) is 0 Å². The first kappa shape index (κ1) is 28.5. The summed E-state index contributed by atoms with van der Waals surface area (Å²) in [5, 5.41) is 19.7. The van der Waals surface area contributed by atoms with Crippen molar-refractivity contribution >= 4 is 15.6 Å². The quantitative estimate of drug-likeness (QED) is 0.247. The van der Waals surface area contributed by atoms with Crippen LogP contribution in [-0.2, 0) is 14.5 Å². The Hall–Kier alpha value is -2.52. The maximum atomic E-state index is 10.2. The van der Waals surface area contributed by atoms with E-state index < -0.39 is 15.6 Å². The molecule has 0 heterocycles. The molecule has 0 saturated carbocycles. The van der Waals surface area contributed by atoms with Gasteiger partial charge < -0.3 is 39.6 Å². The number of phosphoric acid groups is 2. The second kappa shape index (κ2) is 11.6. The summed E-state index contributed by atoms with van der Waals surface area (Å²) in [6, 6.07) is 22.9. The van der Waals surface area contributed by atoms with E-state index in [1.807, 2.05) is 54.6 Å². The number of phenolic OH excluding ortho intramolecular Hbond substituents is 2. The lowest BCUT2D eigenvalue weighted by molar-refractivity contribution is 0.272. The molecule has 10 nitrogen and oxygen atoms in total. The van der Waals surface area contributed by atoms with Gasteiger partial charge in [-0.15, -0.1) is 0 Å². The average molecular weight is 500 g/mol. The van der Waals surface area contributed by atoms with Crippen molar-refractivity contribution in [2.24, 2.45) is 0 Å². The Kier molecular flexibility index (Phi) is 9.99. The van der Waals surface area contributed by atoms with Crippen LogP contribution >= 0.6 is 15.6 Å². The highest BCUT2D eigenvalue weighted by Crippen LogP contribution is 2.37. The molecule has 0 atom stereocenters. The predicted molar refractivity (Wildman–Crippen MR) is 122 cm³/mol. The molecule has 3 rings (SSSR count). The number of hydrogen-bond acceptors (Lipinski definition) is 4. The zero-order valence-electron chi connectivity index (χ0n) is 17.7. The highest BCUT2D eigenvalue weighted by Gasteiger charge is 2.24. The van der Waals surface area contributed by atoms with Crippen LogP contribution in [0.2, 0.25) is 0 Å². The van der Waals surface area contributed by atoms with Crippen LogP contribution in [0.5, 0.6) is 11.5 Å². The monoisotopic (exact) mass is 500 g/mol. The van der Waals surface area contributed by atoms with E-state index in [1.165, 1.54) is 0 Å². The fourth-order valence-electron chi connectivity index (χ4n) is 2.82. The molecule has 0 aliphatic heterocycles. The van der Waals surface area contributed by atoms with Crippen molar-refractivity contribution in [2.45, 2.75) is 19.3 Å². The van der Waals surface area contributed by atoms with Crippen molar-refractivity contribution in [3.05, 3.63) is 83.9 Å². The molecule has 0 unspecified atom stereocenters. The first-order valence-corrected chi connectivity index (χ1v) is 12.4. The van der Waals surface area contributed by atoms with Crippen LogP contribution in [0.3, 0.4) is 0 Å². The van der Waals surface area contributed by atoms with Gasteiger partial charge in [0.05, 0.1) is 0 Å². The second-order valence-corrected chi connectivity index (χ2v) is 9.35. The SMILES string of the molecule is CC(C)(c1ccc(O)cc1)c1ccc(O)c(-c2ccccc2)c1.O=P(O)(O)O.O=P(O)(O)O. The van der Waals surface area contributed by atoms with Gasteiger partial charge in [0.1, 0.15) is 11.5 Å². The third-order valence-electron chi connectivity index (χ3n) is 4.39. The molecule has 8 N–H and O–H groups in total. The summed E-state index contributed by atoms with van der Waals surface area (Å²) < 4.78 is 17.8. The molecular weight excluding hydrogens is 474 g/mol. The van der Waals surface area contributed by atoms with Crippen LogP contribution in [0.4, 0.5) is 0 Å². The summed E-state index contributed by atoms with van der Waals surface area (Å²) in [5.74, 6) is 0.543. The molecule has 33 heavy (non-hydrogen) atoms. The smallest absolute Gasteiger partial charge is 0.466 e. The number of phenols is 2. The molecule has 3 aromatic rings. The standard InChI is InChI=1S/C21H20O2.2H3O4P/c1-21(2,16-8-11-18(22)12-9-16)17-10-13-20(23)19(14-17)15-6-4-3-5-7-15;2*1-5(2,3)4/h3-14,22-23H,1-2H3;2*(H3,1,2,3,4). The third-order valence-corrected chi connectivity index (χ3v) is 4.39. The van der Waals surface area contributed by atoms with Crippen molar-refractivity contribution < 1.29 is 48.7 Å². The zero-order valence-corrected chi connectivity index (χ0v) is 19.5. The highest BCUT2D eigenvalue weighted by atomic mass is 31.2. The van der Waals surface area contributed by atoms with Gasteiger partial charge in [-0.1, -0.05) is 62.4 Å². The van der Waals surface area contributed by atoms with Crippen LogP contribution in [0.1, 0.15) is 25.0 Å². The van der Waals surface area contributed by atoms with Gasteiger partial charge in [0.25, 0.3) is 0 Å². The largest absolute Gasteiger partial charge is 0.508 e. The van der Waals surface area contributed by atoms with Crippen LogP contribution in [0.25, 0.3) is 11.1 Å². The summed E-state index contributed by atoms with van der Waals surface area (Å²) in [6.45, 7) is 4.28. The molecule has 0 aliphatic rings. The van der Waals surface area contributed by atoms with Crippen molar-refractivity contribution in [3.8, 4) is 22.6 Å². The number of aromatic hydroxyl groups is 2. The molecule has 0 bridgehead atoms. The average Bonchev–Trinajstić information content (AvgIpc) is 2.66. The Morgan fingerprint density at radius 1 is 0.636 bits per heavy atom. The minimum atomic E-state index is -4.64. The topological polar surface area (TPSA) is 196 Å². The van der Waals surface area contributed by atoms with E-state index in [0.29, 0.717) is 0 Å². The lowest BCUT2D eigenvalue weighted by atomic mass is 9.77. The van der Waals surface area contributed by atoms with E-state index in [0.717, 1.165) is 22.3 Å². The van der Waals surface area contributed by atoms with Gasteiger partial charge in [-0.05, 0) is 41.0 Å². The molecule has 0 saturated heterocycles. The molecule has 0 aliphatic carbocycles. The van der Waals surface area contributed by atoms with Crippen molar-refractivity contribution in [1.29, 1.82) is 0 Å². The first-order chi connectivity index (χ1) is 15.0. The summed E-state index contributed by atoms with van der Waals surface area (Å²) >= 11 is 0. The highest BCUT2D eigenvalue weighted by molar-refractivity contribution is 7.45. The molecule has 0 fully saturated rings. The Labute approximate surface area is 190 Å². The van der Waals surface area contributed by atoms with E-state index in [2.05, 4.69) is 13.8 Å². The molecule has 0 amide bonds. The van der Waals surface area contributed by atoms with E-state index in [1.54, 1.807) is 18.2 Å². The van der Waals surface area contributed by atoms with Gasteiger partial charge in [-0.2, -0.15) is 0 Å². The van der Waals surface area contributed by atoms with Crippen LogP contribution in [-0.4, -0.2) is 39.6 Å². The van der Waals surface area contributed by atoms with E-state index in [-0.39, 0.29) is 16.9 Å². The summed E-state index contributed by atoms with van der Waals surface area (Å²) in [6.07, 6.45) is 0. The Bertz CT molecular complexity index is 1080. The molecule has 0 aromatic heterocycles. The molecule has 3 aromatic carbocycles. The first-order valence-electron chi connectivity index (χ1n) is 9.23. The lowest BCUT2D eigenvalue weighted by Crippen LogP contribution is -2.18. The van der Waals surface area contributed by atoms with Crippen molar-refractivity contribution in [2.75, 3.05) is 0 Å². The fourth-order valence-corrected chi connectivity index (χ4v) is 2.82. The normalized spacial score (nSPS) is 11.5. The van der Waals surface area contributed by atoms with Gasteiger partial charge in [0.2, 0.25) is 0 Å². The number of hydrogen-bond donors (Lipinski definition) is 8. The second-order valence-electron chi connectivity index (χ2n) is 7.30. The minimum absolute atomic E-state index is 0.231. The predicted octanol–water partition coefficient (Wildman–Crippen LogP) is 3.23. The fraction of sp³-hybridized carbons (Fsp3) is 0.143. The van der Waals surface area contributed by atoms with Gasteiger partial charge in [0.15, 0.2) is 0 Å². The minimum Gasteiger partial charge on any atom is -0.508 e. The summed E-state index contributed by atoms with van der Waals surface area (Å²) in [5.41, 5.74) is 3.81. The lowest BCUT2D eigenvalue weighted by Gasteiger charge is -2.27. The molecule has 12 heteroatoms. The number of rotatable bonds is 3. The summed E-state index contributed by atoms with van der Waals surface area (Å²) in [7, 11) is -9.28. The maximum absolute atomic E-state index is 10.2. The number of benzene rings is 3. The Morgan fingerprint density at radius 3 is 1.52 bits per heavy atom. The Morgan fingerprint density at radius 2 is 1.06 bits per heavy atom. The Balaban J connectivity index is 0.000000460. The van der Waals surface area contributed by atoms with Gasteiger partial charge >= 0.3 is 15.6 Å².